The maximum atomic E-state index is 3.19. The average molecular weight is 143 g/mol. The summed E-state index contributed by atoms with van der Waals surface area (Å²) in [7, 11) is 2.02. The molecule has 0 aliphatic carbocycles. The number of hydrogen-bond acceptors (Lipinski definition) is 1. The highest BCUT2D eigenvalue weighted by atomic mass is 14.8. The Bertz CT molecular complexity index is 61.7. The highest BCUT2D eigenvalue weighted by molar-refractivity contribution is 4.54. The molecule has 0 fully saturated rings. The minimum absolute atomic E-state index is 0.858. The predicted molar refractivity (Wildman–Crippen MR) is 47.2 cm³/mol. The molecule has 1 N–H and O–H groups in total. The van der Waals surface area contributed by atoms with Gasteiger partial charge in [-0.3, -0.25) is 0 Å². The molecule has 1 unspecified atom stereocenters. The van der Waals surface area contributed by atoms with E-state index in [0.717, 1.165) is 5.92 Å². The third-order valence-corrected chi connectivity index (χ3v) is 1.85. The molecule has 0 heterocycles. The summed E-state index contributed by atoms with van der Waals surface area (Å²) in [6.45, 7) is 5.73. The van der Waals surface area contributed by atoms with Crippen molar-refractivity contribution in [3.05, 3.63) is 0 Å². The molecule has 0 aliphatic heterocycles. The van der Waals surface area contributed by atoms with Crippen molar-refractivity contribution in [1.82, 2.24) is 5.32 Å². The van der Waals surface area contributed by atoms with Crippen LogP contribution in [-0.4, -0.2) is 13.6 Å². The van der Waals surface area contributed by atoms with Crippen LogP contribution in [-0.2, 0) is 0 Å². The van der Waals surface area contributed by atoms with Crippen molar-refractivity contribution >= 4 is 0 Å². The van der Waals surface area contributed by atoms with Gasteiger partial charge in [0.2, 0.25) is 0 Å². The van der Waals surface area contributed by atoms with Crippen LogP contribution in [0.25, 0.3) is 0 Å². The van der Waals surface area contributed by atoms with E-state index in [-0.39, 0.29) is 0 Å². The van der Waals surface area contributed by atoms with Gasteiger partial charge in [0.1, 0.15) is 0 Å². The maximum absolute atomic E-state index is 3.19. The van der Waals surface area contributed by atoms with Crippen molar-refractivity contribution in [2.24, 2.45) is 5.92 Å². The Kier molecular flexibility index (Phi) is 7.04. The smallest absolute Gasteiger partial charge is 0.00262 e. The molecule has 0 saturated heterocycles. The molecule has 1 nitrogen and oxygen atoms in total. The molecule has 0 amide bonds. The Morgan fingerprint density at radius 3 is 2.50 bits per heavy atom. The van der Waals surface area contributed by atoms with Gasteiger partial charge in [0.25, 0.3) is 0 Å². The fourth-order valence-corrected chi connectivity index (χ4v) is 1.19. The first-order valence-corrected chi connectivity index (χ1v) is 4.45. The zero-order chi connectivity index (χ0) is 7.82. The van der Waals surface area contributed by atoms with Crippen molar-refractivity contribution in [1.29, 1.82) is 0 Å². The molecule has 62 valence electrons. The largest absolute Gasteiger partial charge is 0.319 e. The summed E-state index contributed by atoms with van der Waals surface area (Å²) in [6, 6.07) is 0. The first kappa shape index (κ1) is 9.96. The molecule has 0 rings (SSSR count). The van der Waals surface area contributed by atoms with Crippen LogP contribution in [0.15, 0.2) is 0 Å². The Balaban J connectivity index is 2.97. The first-order valence-electron chi connectivity index (χ1n) is 4.45. The van der Waals surface area contributed by atoms with E-state index in [1.54, 1.807) is 0 Å². The Morgan fingerprint density at radius 1 is 1.30 bits per heavy atom. The fourth-order valence-electron chi connectivity index (χ4n) is 1.19. The molecule has 0 aromatic rings. The lowest BCUT2D eigenvalue weighted by molar-refractivity contribution is 0.475. The Labute approximate surface area is 65.2 Å². The van der Waals surface area contributed by atoms with Gasteiger partial charge in [0, 0.05) is 0 Å². The number of hydrogen-bond donors (Lipinski definition) is 1. The van der Waals surface area contributed by atoms with Gasteiger partial charge in [0.15, 0.2) is 0 Å². The summed E-state index contributed by atoms with van der Waals surface area (Å²) >= 11 is 0. The summed E-state index contributed by atoms with van der Waals surface area (Å²) < 4.78 is 0. The lowest BCUT2D eigenvalue weighted by Crippen LogP contribution is -2.15. The summed E-state index contributed by atoms with van der Waals surface area (Å²) in [4.78, 5) is 0. The van der Waals surface area contributed by atoms with Crippen LogP contribution in [0.2, 0.25) is 0 Å². The molecule has 10 heavy (non-hydrogen) atoms. The van der Waals surface area contributed by atoms with Gasteiger partial charge in [-0.05, 0) is 25.9 Å². The van der Waals surface area contributed by atoms with Crippen molar-refractivity contribution in [3.63, 3.8) is 0 Å². The Morgan fingerprint density at radius 2 is 2.00 bits per heavy atom. The second-order valence-electron chi connectivity index (χ2n) is 3.16. The van der Waals surface area contributed by atoms with Crippen LogP contribution < -0.4 is 5.32 Å². The molecule has 0 spiro atoms. The van der Waals surface area contributed by atoms with E-state index in [9.17, 15) is 0 Å². The summed E-state index contributed by atoms with van der Waals surface area (Å²) in [5.41, 5.74) is 0. The van der Waals surface area contributed by atoms with Crippen LogP contribution in [0.3, 0.4) is 0 Å². The van der Waals surface area contributed by atoms with E-state index in [2.05, 4.69) is 19.2 Å². The zero-order valence-electron chi connectivity index (χ0n) is 7.61. The van der Waals surface area contributed by atoms with Gasteiger partial charge in [-0.15, -0.1) is 0 Å². The topological polar surface area (TPSA) is 12.0 Å². The van der Waals surface area contributed by atoms with Gasteiger partial charge in [-0.25, -0.2) is 0 Å². The van der Waals surface area contributed by atoms with Crippen LogP contribution in [0.1, 0.15) is 39.5 Å². The van der Waals surface area contributed by atoms with Crippen molar-refractivity contribution in [2.45, 2.75) is 39.5 Å². The minimum Gasteiger partial charge on any atom is -0.319 e. The van der Waals surface area contributed by atoms with E-state index in [4.69, 9.17) is 0 Å². The predicted octanol–water partition coefficient (Wildman–Crippen LogP) is 2.42. The first-order chi connectivity index (χ1) is 4.81. The normalized spacial score (nSPS) is 13.5. The quantitative estimate of drug-likeness (QED) is 0.563. The lowest BCUT2D eigenvalue weighted by atomic mass is 10.0. The van der Waals surface area contributed by atoms with Gasteiger partial charge in [-0.2, -0.15) is 0 Å². The van der Waals surface area contributed by atoms with Gasteiger partial charge in [0.05, 0.1) is 0 Å². The second kappa shape index (κ2) is 7.07. The van der Waals surface area contributed by atoms with E-state index >= 15 is 0 Å². The second-order valence-corrected chi connectivity index (χ2v) is 3.16. The van der Waals surface area contributed by atoms with Gasteiger partial charge < -0.3 is 5.32 Å². The minimum atomic E-state index is 0.858. The van der Waals surface area contributed by atoms with Crippen molar-refractivity contribution < 1.29 is 0 Å². The van der Waals surface area contributed by atoms with Crippen molar-refractivity contribution in [3.8, 4) is 0 Å². The van der Waals surface area contributed by atoms with E-state index in [1.807, 2.05) is 7.05 Å². The average Bonchev–Trinajstić information content (AvgIpc) is 1.89. The number of nitrogens with one attached hydrogen (secondary N) is 1. The highest BCUT2D eigenvalue weighted by Gasteiger charge is 1.98. The van der Waals surface area contributed by atoms with Crippen LogP contribution in [0, 0.1) is 5.92 Å². The van der Waals surface area contributed by atoms with E-state index in [0.29, 0.717) is 0 Å². The SMILES string of the molecule is CCCCCC(C)CNC. The third-order valence-electron chi connectivity index (χ3n) is 1.85. The molecular formula is C9H21N. The monoisotopic (exact) mass is 143 g/mol. The molecular weight excluding hydrogens is 122 g/mol. The van der Waals surface area contributed by atoms with Gasteiger partial charge in [-0.1, -0.05) is 33.1 Å². The zero-order valence-corrected chi connectivity index (χ0v) is 7.61. The number of rotatable bonds is 6. The number of unbranched alkanes of at least 4 members (excludes halogenated alkanes) is 2. The summed E-state index contributed by atoms with van der Waals surface area (Å²) in [6.07, 6.45) is 5.52. The molecule has 1 atom stereocenters. The molecule has 0 bridgehead atoms. The van der Waals surface area contributed by atoms with E-state index < -0.39 is 0 Å². The molecule has 0 saturated carbocycles. The molecule has 0 aliphatic rings. The third kappa shape index (κ3) is 6.09. The van der Waals surface area contributed by atoms with Gasteiger partial charge >= 0.3 is 0 Å². The molecule has 1 heteroatoms. The van der Waals surface area contributed by atoms with E-state index in [1.165, 1.54) is 32.2 Å². The standard InChI is InChI=1S/C9H21N/c1-4-5-6-7-9(2)8-10-3/h9-10H,4-8H2,1-3H3. The molecule has 0 radical (unpaired) electrons. The lowest BCUT2D eigenvalue weighted by Gasteiger charge is -2.08. The van der Waals surface area contributed by atoms with Crippen LogP contribution in [0.4, 0.5) is 0 Å². The summed E-state index contributed by atoms with van der Waals surface area (Å²) in [5, 5.41) is 3.19. The highest BCUT2D eigenvalue weighted by Crippen LogP contribution is 2.07. The Hall–Kier alpha value is -0.0400. The van der Waals surface area contributed by atoms with Crippen LogP contribution >= 0.6 is 0 Å². The fraction of sp³-hybridized carbons (Fsp3) is 1.00. The summed E-state index contributed by atoms with van der Waals surface area (Å²) in [5.74, 6) is 0.858. The van der Waals surface area contributed by atoms with Crippen molar-refractivity contribution in [2.75, 3.05) is 13.6 Å². The van der Waals surface area contributed by atoms with Crippen LogP contribution in [0.5, 0.6) is 0 Å². The maximum Gasteiger partial charge on any atom is -0.00262 e. The molecule has 0 aromatic carbocycles. The molecule has 0 aromatic heterocycles.